The number of nitrogens with zero attached hydrogens (tertiary/aromatic N) is 2. The normalized spacial score (nSPS) is 14.4. The quantitative estimate of drug-likeness (QED) is 0.436. The highest BCUT2D eigenvalue weighted by molar-refractivity contribution is 5.94. The van der Waals surface area contributed by atoms with Crippen LogP contribution < -0.4 is 10.2 Å². The summed E-state index contributed by atoms with van der Waals surface area (Å²) >= 11 is 0. The zero-order valence-corrected chi connectivity index (χ0v) is 17.9. The molecule has 1 fully saturated rings. The van der Waals surface area contributed by atoms with Crippen LogP contribution in [0.3, 0.4) is 0 Å². The number of carbonyl (C=O) groups is 1. The third-order valence-corrected chi connectivity index (χ3v) is 5.23. The lowest BCUT2D eigenvalue weighted by Gasteiger charge is -2.26. The first-order chi connectivity index (χ1) is 15.8. The van der Waals surface area contributed by atoms with Crippen molar-refractivity contribution in [2.75, 3.05) is 26.3 Å². The summed E-state index contributed by atoms with van der Waals surface area (Å²) in [5, 5.41) is 4.07. The predicted octanol–water partition coefficient (Wildman–Crippen LogP) is 3.86. The summed E-state index contributed by atoms with van der Waals surface area (Å²) in [5.41, 5.74) is 6.34. The Kier molecular flexibility index (Phi) is 7.63. The number of benzene rings is 3. The molecule has 0 aromatic heterocycles. The molecule has 6 heteroatoms. The van der Waals surface area contributed by atoms with Gasteiger partial charge >= 0.3 is 0 Å². The van der Waals surface area contributed by atoms with Crippen LogP contribution in [0.1, 0.15) is 27.0 Å². The number of amides is 1. The minimum atomic E-state index is -0.234. The van der Waals surface area contributed by atoms with E-state index in [1.807, 2.05) is 78.9 Å². The molecule has 0 bridgehead atoms. The summed E-state index contributed by atoms with van der Waals surface area (Å²) in [6.45, 7) is 4.84. The molecule has 0 radical (unpaired) electrons. The van der Waals surface area contributed by atoms with Crippen molar-refractivity contribution in [2.45, 2.75) is 13.2 Å². The molecule has 1 saturated heterocycles. The zero-order chi connectivity index (χ0) is 22.0. The van der Waals surface area contributed by atoms with Gasteiger partial charge in [-0.1, -0.05) is 42.5 Å². The summed E-state index contributed by atoms with van der Waals surface area (Å²) < 4.78 is 11.2. The first-order valence-electron chi connectivity index (χ1n) is 10.8. The molecule has 1 heterocycles. The maximum atomic E-state index is 12.3. The van der Waals surface area contributed by atoms with Crippen LogP contribution >= 0.6 is 0 Å². The molecule has 32 heavy (non-hydrogen) atoms. The topological polar surface area (TPSA) is 63.2 Å². The summed E-state index contributed by atoms with van der Waals surface area (Å²) in [5.74, 6) is 0.550. The SMILES string of the molecule is O=C(N/N=C\c1ccc(OCc2ccccc2)cc1)c1ccc(CN2CCOCC2)cc1. The minimum absolute atomic E-state index is 0.234. The highest BCUT2D eigenvalue weighted by Crippen LogP contribution is 2.14. The first kappa shape index (κ1) is 21.7. The summed E-state index contributed by atoms with van der Waals surface area (Å²) in [6, 6.07) is 25.2. The lowest BCUT2D eigenvalue weighted by Crippen LogP contribution is -2.35. The minimum Gasteiger partial charge on any atom is -0.489 e. The average molecular weight is 430 g/mol. The number of hydrazone groups is 1. The zero-order valence-electron chi connectivity index (χ0n) is 17.9. The van der Waals surface area contributed by atoms with Gasteiger partial charge in [0.1, 0.15) is 12.4 Å². The second-order valence-corrected chi connectivity index (χ2v) is 7.63. The molecule has 1 amide bonds. The van der Waals surface area contributed by atoms with Crippen LogP contribution in [0.15, 0.2) is 84.0 Å². The van der Waals surface area contributed by atoms with Gasteiger partial charge in [-0.2, -0.15) is 5.10 Å². The number of hydrogen-bond acceptors (Lipinski definition) is 5. The summed E-state index contributed by atoms with van der Waals surface area (Å²) in [4.78, 5) is 14.7. The molecule has 3 aromatic carbocycles. The molecule has 1 aliphatic rings. The van der Waals surface area contributed by atoms with E-state index in [4.69, 9.17) is 9.47 Å². The van der Waals surface area contributed by atoms with Gasteiger partial charge in [0.25, 0.3) is 5.91 Å². The summed E-state index contributed by atoms with van der Waals surface area (Å²) in [6.07, 6.45) is 1.62. The van der Waals surface area contributed by atoms with Crippen LogP contribution in [0.2, 0.25) is 0 Å². The van der Waals surface area contributed by atoms with Gasteiger partial charge in [-0.25, -0.2) is 5.43 Å². The Labute approximate surface area is 188 Å². The van der Waals surface area contributed by atoms with E-state index < -0.39 is 0 Å². The van der Waals surface area contributed by atoms with E-state index in [9.17, 15) is 4.79 Å². The highest BCUT2D eigenvalue weighted by Gasteiger charge is 2.11. The molecule has 0 aliphatic carbocycles. The van der Waals surface area contributed by atoms with E-state index >= 15 is 0 Å². The van der Waals surface area contributed by atoms with E-state index in [0.29, 0.717) is 12.2 Å². The monoisotopic (exact) mass is 429 g/mol. The number of carbonyl (C=O) groups excluding carboxylic acids is 1. The van der Waals surface area contributed by atoms with Gasteiger partial charge in [0.15, 0.2) is 0 Å². The lowest BCUT2D eigenvalue weighted by atomic mass is 10.1. The molecule has 0 unspecified atom stereocenters. The second-order valence-electron chi connectivity index (χ2n) is 7.63. The standard InChI is InChI=1S/C26H27N3O3/c30-26(24-10-6-22(7-11-24)19-29-14-16-31-17-15-29)28-27-18-21-8-12-25(13-9-21)32-20-23-4-2-1-3-5-23/h1-13,18H,14-17,19-20H2,(H,28,30)/b27-18-. The molecule has 1 aliphatic heterocycles. The molecule has 1 N–H and O–H groups in total. The van der Waals surface area contributed by atoms with Crippen molar-refractivity contribution in [1.82, 2.24) is 10.3 Å². The molecule has 0 atom stereocenters. The fourth-order valence-corrected chi connectivity index (χ4v) is 3.40. The highest BCUT2D eigenvalue weighted by atomic mass is 16.5. The van der Waals surface area contributed by atoms with Crippen LogP contribution in [-0.2, 0) is 17.9 Å². The Morgan fingerprint density at radius 2 is 1.66 bits per heavy atom. The van der Waals surface area contributed by atoms with Crippen molar-refractivity contribution in [2.24, 2.45) is 5.10 Å². The molecule has 0 saturated carbocycles. The first-order valence-corrected chi connectivity index (χ1v) is 10.8. The Morgan fingerprint density at radius 1 is 0.938 bits per heavy atom. The van der Waals surface area contributed by atoms with Crippen molar-refractivity contribution in [3.05, 3.63) is 101 Å². The largest absolute Gasteiger partial charge is 0.489 e. The smallest absolute Gasteiger partial charge is 0.271 e. The third kappa shape index (κ3) is 6.51. The molecule has 164 valence electrons. The van der Waals surface area contributed by atoms with Crippen LogP contribution in [-0.4, -0.2) is 43.3 Å². The Morgan fingerprint density at radius 3 is 2.38 bits per heavy atom. The Hall–Kier alpha value is -3.48. The molecule has 4 rings (SSSR count). The third-order valence-electron chi connectivity index (χ3n) is 5.23. The van der Waals surface area contributed by atoms with Crippen molar-refractivity contribution in [1.29, 1.82) is 0 Å². The Bertz CT molecular complexity index is 1010. The van der Waals surface area contributed by atoms with Crippen LogP contribution in [0.25, 0.3) is 0 Å². The van der Waals surface area contributed by atoms with Gasteiger partial charge in [-0.3, -0.25) is 9.69 Å². The van der Waals surface area contributed by atoms with Gasteiger partial charge in [0.2, 0.25) is 0 Å². The fraction of sp³-hybridized carbons (Fsp3) is 0.231. The molecular weight excluding hydrogens is 402 g/mol. The van der Waals surface area contributed by atoms with Crippen molar-refractivity contribution in [3.63, 3.8) is 0 Å². The average Bonchev–Trinajstić information content (AvgIpc) is 2.85. The van der Waals surface area contributed by atoms with Crippen LogP contribution in [0.5, 0.6) is 5.75 Å². The van der Waals surface area contributed by atoms with Crippen LogP contribution in [0, 0.1) is 0 Å². The molecular formula is C26H27N3O3. The summed E-state index contributed by atoms with van der Waals surface area (Å²) in [7, 11) is 0. The van der Waals surface area contributed by atoms with Crippen molar-refractivity contribution < 1.29 is 14.3 Å². The second kappa shape index (κ2) is 11.2. The van der Waals surface area contributed by atoms with Gasteiger partial charge < -0.3 is 9.47 Å². The number of hydrogen-bond donors (Lipinski definition) is 1. The van der Waals surface area contributed by atoms with E-state index in [-0.39, 0.29) is 5.91 Å². The maximum Gasteiger partial charge on any atom is 0.271 e. The van der Waals surface area contributed by atoms with Crippen molar-refractivity contribution in [3.8, 4) is 5.75 Å². The Balaban J connectivity index is 1.23. The van der Waals surface area contributed by atoms with E-state index in [1.54, 1.807) is 6.21 Å². The predicted molar refractivity (Wildman–Crippen MR) is 125 cm³/mol. The van der Waals surface area contributed by atoms with Gasteiger partial charge in [-0.05, 0) is 53.1 Å². The van der Waals surface area contributed by atoms with Crippen molar-refractivity contribution >= 4 is 12.1 Å². The molecule has 0 spiro atoms. The number of morpholine rings is 1. The molecule has 3 aromatic rings. The fourth-order valence-electron chi connectivity index (χ4n) is 3.40. The van der Waals surface area contributed by atoms with Crippen LogP contribution in [0.4, 0.5) is 0 Å². The van der Waals surface area contributed by atoms with E-state index in [2.05, 4.69) is 15.4 Å². The van der Waals surface area contributed by atoms with Gasteiger partial charge in [0.05, 0.1) is 19.4 Å². The number of ether oxygens (including phenoxy) is 2. The van der Waals surface area contributed by atoms with Gasteiger partial charge in [-0.15, -0.1) is 0 Å². The van der Waals surface area contributed by atoms with Gasteiger partial charge in [0, 0.05) is 25.2 Å². The maximum absolute atomic E-state index is 12.3. The number of nitrogens with one attached hydrogen (secondary N) is 1. The molecule has 6 nitrogen and oxygen atoms in total. The van der Waals surface area contributed by atoms with E-state index in [1.165, 1.54) is 5.56 Å². The lowest BCUT2D eigenvalue weighted by molar-refractivity contribution is 0.0342. The number of rotatable bonds is 8. The van der Waals surface area contributed by atoms with E-state index in [0.717, 1.165) is 49.7 Å².